The Morgan fingerprint density at radius 1 is 0.735 bits per heavy atom. The number of carbonyl (C=O) groups is 4. The third kappa shape index (κ3) is 4.71. The Morgan fingerprint density at radius 3 is 2.12 bits per heavy atom. The van der Waals surface area contributed by atoms with Gasteiger partial charge in [-0.3, -0.25) is 24.1 Å². The monoisotopic (exact) mass is 649 g/mol. The van der Waals surface area contributed by atoms with Gasteiger partial charge in [-0.15, -0.1) is 0 Å². The van der Waals surface area contributed by atoms with Gasteiger partial charge in [0.2, 0.25) is 11.8 Å². The number of likely N-dealkylation sites (tertiary alicyclic amines) is 1. The Morgan fingerprint density at radius 2 is 1.41 bits per heavy atom. The van der Waals surface area contributed by atoms with Crippen LogP contribution < -0.4 is 0 Å². The molecular formula is C42H35NO6. The van der Waals surface area contributed by atoms with Crippen LogP contribution in [0.5, 0.6) is 11.5 Å². The van der Waals surface area contributed by atoms with Crippen molar-refractivity contribution in [3.05, 3.63) is 149 Å². The van der Waals surface area contributed by atoms with Crippen molar-refractivity contribution in [2.24, 2.45) is 23.7 Å². The lowest BCUT2D eigenvalue weighted by Gasteiger charge is -2.55. The number of allylic oxidation sites excluding steroid dienone is 4. The summed E-state index contributed by atoms with van der Waals surface area (Å²) < 4.78 is 0. The molecule has 0 bridgehead atoms. The number of benzene rings is 4. The molecule has 0 aromatic heterocycles. The van der Waals surface area contributed by atoms with Crippen LogP contribution in [0.4, 0.5) is 0 Å². The molecule has 4 aliphatic rings. The number of imide groups is 1. The Bertz CT molecular complexity index is 2050. The quantitative estimate of drug-likeness (QED) is 0.191. The van der Waals surface area contributed by atoms with Gasteiger partial charge < -0.3 is 10.2 Å². The number of ketones is 2. The minimum atomic E-state index is -1.38. The lowest BCUT2D eigenvalue weighted by Crippen LogP contribution is -2.58. The minimum Gasteiger partial charge on any atom is -0.508 e. The number of Topliss-reactive ketones (excluding diaryl/α,β-unsaturated/α-hetero) is 1. The predicted octanol–water partition coefficient (Wildman–Crippen LogP) is 6.16. The highest BCUT2D eigenvalue weighted by Gasteiger charge is 2.66. The van der Waals surface area contributed by atoms with E-state index in [0.29, 0.717) is 35.1 Å². The molecule has 0 radical (unpaired) electrons. The van der Waals surface area contributed by atoms with Gasteiger partial charge in [0.05, 0.1) is 17.3 Å². The molecule has 7 nitrogen and oxygen atoms in total. The first kappa shape index (κ1) is 30.8. The van der Waals surface area contributed by atoms with E-state index in [4.69, 9.17) is 0 Å². The number of hydrogen-bond acceptors (Lipinski definition) is 6. The topological polar surface area (TPSA) is 112 Å². The zero-order valence-electron chi connectivity index (χ0n) is 26.7. The Kier molecular flexibility index (Phi) is 7.43. The second-order valence-electron chi connectivity index (χ2n) is 13.6. The van der Waals surface area contributed by atoms with Crippen LogP contribution in [-0.2, 0) is 31.0 Å². The Labute approximate surface area is 284 Å². The van der Waals surface area contributed by atoms with Crippen LogP contribution in [0.25, 0.3) is 5.57 Å². The number of para-hydroxylation sites is 1. The summed E-state index contributed by atoms with van der Waals surface area (Å²) in [4.78, 5) is 59.5. The van der Waals surface area contributed by atoms with E-state index < -0.39 is 35.0 Å². The van der Waals surface area contributed by atoms with E-state index in [-0.39, 0.29) is 47.8 Å². The van der Waals surface area contributed by atoms with Crippen LogP contribution in [0.3, 0.4) is 0 Å². The van der Waals surface area contributed by atoms with E-state index in [0.717, 1.165) is 11.1 Å². The number of aromatic hydroxyl groups is 2. The van der Waals surface area contributed by atoms with Gasteiger partial charge in [-0.1, -0.05) is 103 Å². The molecule has 2 fully saturated rings. The smallest absolute Gasteiger partial charge is 0.233 e. The lowest BCUT2D eigenvalue weighted by atomic mass is 9.44. The number of carbonyl (C=O) groups excluding carboxylic acids is 4. The fourth-order valence-electron chi connectivity index (χ4n) is 9.14. The van der Waals surface area contributed by atoms with Gasteiger partial charge in [-0.05, 0) is 66.1 Å². The molecule has 49 heavy (non-hydrogen) atoms. The van der Waals surface area contributed by atoms with Crippen LogP contribution in [0, 0.1) is 23.7 Å². The van der Waals surface area contributed by atoms with Crippen LogP contribution in [0.1, 0.15) is 41.0 Å². The van der Waals surface area contributed by atoms with E-state index in [2.05, 4.69) is 0 Å². The average molecular weight is 650 g/mol. The van der Waals surface area contributed by atoms with E-state index in [1.54, 1.807) is 42.5 Å². The van der Waals surface area contributed by atoms with Crippen LogP contribution in [-0.4, -0.2) is 45.0 Å². The highest BCUT2D eigenvalue weighted by molar-refractivity contribution is 6.31. The zero-order valence-corrected chi connectivity index (χ0v) is 26.7. The van der Waals surface area contributed by atoms with Gasteiger partial charge in [-0.2, -0.15) is 0 Å². The van der Waals surface area contributed by atoms with Crippen molar-refractivity contribution in [1.82, 2.24) is 4.90 Å². The Balaban J connectivity index is 1.28. The largest absolute Gasteiger partial charge is 0.508 e. The van der Waals surface area contributed by atoms with Gasteiger partial charge in [-0.25, -0.2) is 0 Å². The summed E-state index contributed by atoms with van der Waals surface area (Å²) in [7, 11) is 0. The molecule has 4 aromatic carbocycles. The molecule has 244 valence electrons. The van der Waals surface area contributed by atoms with Crippen LogP contribution in [0.2, 0.25) is 0 Å². The van der Waals surface area contributed by atoms with E-state index in [1.165, 1.54) is 11.0 Å². The fourth-order valence-corrected chi connectivity index (χ4v) is 9.14. The summed E-state index contributed by atoms with van der Waals surface area (Å²) >= 11 is 0. The second-order valence-corrected chi connectivity index (χ2v) is 13.6. The maximum atomic E-state index is 15.0. The molecule has 0 spiro atoms. The molecule has 2 amide bonds. The summed E-state index contributed by atoms with van der Waals surface area (Å²) in [5.41, 5.74) is 2.52. The summed E-state index contributed by atoms with van der Waals surface area (Å²) in [6.07, 6.45) is 4.47. The molecule has 1 aliphatic heterocycles. The second kappa shape index (κ2) is 11.8. The molecule has 2 N–H and O–H groups in total. The number of phenolic OH excluding ortho intramolecular Hbond substituents is 2. The molecule has 3 aliphatic carbocycles. The van der Waals surface area contributed by atoms with Crippen molar-refractivity contribution in [3.8, 4) is 11.5 Å². The maximum absolute atomic E-state index is 15.0. The van der Waals surface area contributed by atoms with Crippen molar-refractivity contribution in [2.45, 2.75) is 30.6 Å². The number of amides is 2. The third-order valence-corrected chi connectivity index (χ3v) is 11.3. The van der Waals surface area contributed by atoms with Gasteiger partial charge in [0.15, 0.2) is 11.6 Å². The number of hydrogen-bond donors (Lipinski definition) is 2. The molecule has 6 atom stereocenters. The fraction of sp³-hybridized carbons (Fsp3) is 0.238. The molecule has 7 heteroatoms. The lowest BCUT2D eigenvalue weighted by molar-refractivity contribution is -0.140. The molecule has 1 heterocycles. The van der Waals surface area contributed by atoms with Crippen molar-refractivity contribution in [3.63, 3.8) is 0 Å². The summed E-state index contributed by atoms with van der Waals surface area (Å²) in [5, 5.41) is 21.1. The van der Waals surface area contributed by atoms with Crippen LogP contribution in [0.15, 0.2) is 127 Å². The van der Waals surface area contributed by atoms with Crippen molar-refractivity contribution >= 4 is 29.0 Å². The highest BCUT2D eigenvalue weighted by atomic mass is 16.3. The molecule has 1 saturated carbocycles. The van der Waals surface area contributed by atoms with Crippen molar-refractivity contribution in [1.29, 1.82) is 0 Å². The van der Waals surface area contributed by atoms with Gasteiger partial charge in [0, 0.05) is 29.5 Å². The highest BCUT2D eigenvalue weighted by Crippen LogP contribution is 2.64. The minimum absolute atomic E-state index is 0.00710. The van der Waals surface area contributed by atoms with E-state index in [1.807, 2.05) is 72.8 Å². The van der Waals surface area contributed by atoms with E-state index >= 15 is 4.79 Å². The van der Waals surface area contributed by atoms with E-state index in [9.17, 15) is 24.6 Å². The molecule has 1 saturated heterocycles. The third-order valence-electron chi connectivity index (χ3n) is 11.3. The maximum Gasteiger partial charge on any atom is 0.233 e. The summed E-state index contributed by atoms with van der Waals surface area (Å²) in [6.45, 7) is 0.204. The molecule has 0 unspecified atom stereocenters. The first-order valence-electron chi connectivity index (χ1n) is 16.8. The van der Waals surface area contributed by atoms with Gasteiger partial charge >= 0.3 is 0 Å². The Hall–Kier alpha value is -5.56. The van der Waals surface area contributed by atoms with Crippen molar-refractivity contribution < 1.29 is 29.4 Å². The SMILES string of the molecule is O=C1C(c2ccccc2)=CC(=O)[C@@]2(c3ccccc3)[C@@H](c3ccccc3O)C3=CC[C@@H]4C(=O)N(CCc5ccc(O)cc5)C(=O)[C@@H]4[C@@H]3C[C@@H]12. The molecule has 4 aromatic rings. The molecule has 8 rings (SSSR count). The van der Waals surface area contributed by atoms with Gasteiger partial charge in [0.25, 0.3) is 0 Å². The predicted molar refractivity (Wildman–Crippen MR) is 183 cm³/mol. The normalized spacial score (nSPS) is 27.6. The number of fused-ring (bicyclic) bond motifs is 4. The number of rotatable bonds is 6. The van der Waals surface area contributed by atoms with Crippen LogP contribution >= 0.6 is 0 Å². The standard InChI is InChI=1S/C42H35NO6/c44-28-17-15-25(16-18-28)21-22-43-40(48)31-20-19-29-33(37(31)41(43)49)23-34-39(47)32(26-9-3-1-4-10-26)24-36(46)42(34,27-11-5-2-6-12-27)38(29)30-13-7-8-14-35(30)45/h1-19,24,31,33-34,37-38,44-45H,20-23H2/t31-,33+,34-,37-,38+,42-/m0/s1. The van der Waals surface area contributed by atoms with Crippen molar-refractivity contribution in [2.75, 3.05) is 6.54 Å². The number of phenols is 2. The first-order chi connectivity index (χ1) is 23.8. The zero-order chi connectivity index (χ0) is 33.9. The number of nitrogens with zero attached hydrogens (tertiary/aromatic N) is 1. The molecular weight excluding hydrogens is 614 g/mol. The van der Waals surface area contributed by atoms with Gasteiger partial charge in [0.1, 0.15) is 11.5 Å². The first-order valence-corrected chi connectivity index (χ1v) is 16.8. The average Bonchev–Trinajstić information content (AvgIpc) is 3.38. The summed E-state index contributed by atoms with van der Waals surface area (Å²) in [6, 6.07) is 32.2. The summed E-state index contributed by atoms with van der Waals surface area (Å²) in [5.74, 6) is -4.11.